The average molecular weight is 276 g/mol. The normalized spacial score (nSPS) is 13.5. The van der Waals surface area contributed by atoms with Gasteiger partial charge in [-0.15, -0.1) is 0 Å². The number of halogens is 1. The lowest BCUT2D eigenvalue weighted by Crippen LogP contribution is -2.32. The molecular formula is C11H17FN2O3S. The second-order valence-corrected chi connectivity index (χ2v) is 5.79. The Hall–Kier alpha value is -1.18. The minimum Gasteiger partial charge on any atom is -0.396 e. The second kappa shape index (κ2) is 6.12. The van der Waals surface area contributed by atoms with Crippen LogP contribution >= 0.6 is 0 Å². The fourth-order valence-corrected chi connectivity index (χ4v) is 2.79. The van der Waals surface area contributed by atoms with E-state index in [9.17, 15) is 12.8 Å². The van der Waals surface area contributed by atoms with E-state index in [1.54, 1.807) is 6.92 Å². The molecule has 0 saturated heterocycles. The predicted molar refractivity (Wildman–Crippen MR) is 66.9 cm³/mol. The molecule has 102 valence electrons. The molecule has 1 atom stereocenters. The fraction of sp³-hybridized carbons (Fsp3) is 0.455. The van der Waals surface area contributed by atoms with Crippen LogP contribution in [0.5, 0.6) is 0 Å². The highest BCUT2D eigenvalue weighted by Gasteiger charge is 2.18. The predicted octanol–water partition coefficient (Wildman–Crippen LogP) is 0.847. The number of nitrogens with one attached hydrogen (secondary N) is 1. The van der Waals surface area contributed by atoms with E-state index in [2.05, 4.69) is 4.72 Å². The Labute approximate surface area is 106 Å². The Morgan fingerprint density at radius 1 is 1.50 bits per heavy atom. The minimum absolute atomic E-state index is 0.00949. The number of hydrogen-bond donors (Lipinski definition) is 3. The highest BCUT2D eigenvalue weighted by molar-refractivity contribution is 7.89. The van der Waals surface area contributed by atoms with Crippen molar-refractivity contribution in [1.82, 2.24) is 4.72 Å². The van der Waals surface area contributed by atoms with Gasteiger partial charge in [0, 0.05) is 12.6 Å². The molecule has 0 heterocycles. The molecule has 0 bridgehead atoms. The summed E-state index contributed by atoms with van der Waals surface area (Å²) in [6, 6.07) is 2.94. The summed E-state index contributed by atoms with van der Waals surface area (Å²) < 4.78 is 39.2. The third-order valence-electron chi connectivity index (χ3n) is 2.43. The van der Waals surface area contributed by atoms with Crippen molar-refractivity contribution in [2.24, 2.45) is 0 Å². The van der Waals surface area contributed by atoms with Gasteiger partial charge in [0.15, 0.2) is 0 Å². The molecule has 0 aliphatic carbocycles. The van der Waals surface area contributed by atoms with Gasteiger partial charge in [0.05, 0.1) is 10.6 Å². The number of anilines is 1. The van der Waals surface area contributed by atoms with Crippen LogP contribution in [0.15, 0.2) is 23.1 Å². The molecule has 0 radical (unpaired) electrons. The molecule has 7 heteroatoms. The number of sulfonamides is 1. The summed E-state index contributed by atoms with van der Waals surface area (Å²) in [6.45, 7) is 1.70. The van der Waals surface area contributed by atoms with Crippen molar-refractivity contribution in [2.45, 2.75) is 30.7 Å². The van der Waals surface area contributed by atoms with E-state index >= 15 is 0 Å². The molecule has 4 N–H and O–H groups in total. The van der Waals surface area contributed by atoms with E-state index in [0.29, 0.717) is 12.8 Å². The van der Waals surface area contributed by atoms with Crippen LogP contribution in [0, 0.1) is 5.82 Å². The van der Waals surface area contributed by atoms with E-state index < -0.39 is 15.8 Å². The number of nitrogen functional groups attached to an aromatic ring is 1. The van der Waals surface area contributed by atoms with Crippen molar-refractivity contribution < 1.29 is 17.9 Å². The molecule has 0 saturated carbocycles. The Balaban J connectivity index is 2.83. The quantitative estimate of drug-likeness (QED) is 0.671. The third kappa shape index (κ3) is 3.94. The van der Waals surface area contributed by atoms with Crippen LogP contribution in [-0.2, 0) is 10.0 Å². The van der Waals surface area contributed by atoms with Crippen LogP contribution in [0.1, 0.15) is 19.8 Å². The molecule has 0 spiro atoms. The van der Waals surface area contributed by atoms with Gasteiger partial charge in [0.1, 0.15) is 5.82 Å². The van der Waals surface area contributed by atoms with Crippen molar-refractivity contribution in [3.63, 3.8) is 0 Å². The zero-order valence-electron chi connectivity index (χ0n) is 10.1. The largest absolute Gasteiger partial charge is 0.396 e. The molecule has 1 unspecified atom stereocenters. The highest BCUT2D eigenvalue weighted by Crippen LogP contribution is 2.17. The second-order valence-electron chi connectivity index (χ2n) is 4.07. The minimum atomic E-state index is -3.71. The number of hydrogen-bond acceptors (Lipinski definition) is 4. The van der Waals surface area contributed by atoms with E-state index in [-0.39, 0.29) is 23.2 Å². The topological polar surface area (TPSA) is 92.4 Å². The van der Waals surface area contributed by atoms with Gasteiger partial charge < -0.3 is 10.8 Å². The zero-order chi connectivity index (χ0) is 13.8. The van der Waals surface area contributed by atoms with E-state index in [1.165, 1.54) is 0 Å². The first-order valence-corrected chi connectivity index (χ1v) is 7.03. The van der Waals surface area contributed by atoms with Crippen LogP contribution in [-0.4, -0.2) is 26.2 Å². The van der Waals surface area contributed by atoms with Gasteiger partial charge in [-0.2, -0.15) is 0 Å². The monoisotopic (exact) mass is 276 g/mol. The lowest BCUT2D eigenvalue weighted by molar-refractivity contribution is 0.279. The molecule has 1 aromatic rings. The number of benzene rings is 1. The smallest absolute Gasteiger partial charge is 0.240 e. The van der Waals surface area contributed by atoms with Crippen molar-refractivity contribution in [1.29, 1.82) is 0 Å². The van der Waals surface area contributed by atoms with Crippen molar-refractivity contribution >= 4 is 15.7 Å². The maximum absolute atomic E-state index is 12.9. The van der Waals surface area contributed by atoms with Gasteiger partial charge in [0.2, 0.25) is 10.0 Å². The number of rotatable bonds is 6. The first kappa shape index (κ1) is 14.9. The van der Waals surface area contributed by atoms with E-state index in [0.717, 1.165) is 18.2 Å². The Morgan fingerprint density at radius 2 is 2.17 bits per heavy atom. The van der Waals surface area contributed by atoms with Gasteiger partial charge in [-0.25, -0.2) is 17.5 Å². The summed E-state index contributed by atoms with van der Waals surface area (Å²) in [6.07, 6.45) is 1.03. The summed E-state index contributed by atoms with van der Waals surface area (Å²) in [5.74, 6) is -0.651. The molecular weight excluding hydrogens is 259 g/mol. The Bertz CT molecular complexity index is 505. The van der Waals surface area contributed by atoms with Crippen LogP contribution in [0.2, 0.25) is 0 Å². The molecule has 0 fully saturated rings. The lowest BCUT2D eigenvalue weighted by Gasteiger charge is -2.14. The third-order valence-corrected chi connectivity index (χ3v) is 4.02. The SMILES string of the molecule is CC(CCCO)NS(=O)(=O)c1ccc(F)c(N)c1. The molecule has 0 aromatic heterocycles. The number of aliphatic hydroxyl groups is 1. The zero-order valence-corrected chi connectivity index (χ0v) is 10.9. The maximum Gasteiger partial charge on any atom is 0.240 e. The van der Waals surface area contributed by atoms with Gasteiger partial charge in [0.25, 0.3) is 0 Å². The number of aliphatic hydroxyl groups excluding tert-OH is 1. The average Bonchev–Trinajstić information content (AvgIpc) is 2.29. The van der Waals surface area contributed by atoms with Crippen molar-refractivity contribution in [3.8, 4) is 0 Å². The van der Waals surface area contributed by atoms with E-state index in [4.69, 9.17) is 10.8 Å². The van der Waals surface area contributed by atoms with Gasteiger partial charge >= 0.3 is 0 Å². The van der Waals surface area contributed by atoms with Gasteiger partial charge in [-0.05, 0) is 38.0 Å². The molecule has 18 heavy (non-hydrogen) atoms. The Morgan fingerprint density at radius 3 is 2.72 bits per heavy atom. The molecule has 0 aliphatic heterocycles. The molecule has 1 rings (SSSR count). The first-order valence-electron chi connectivity index (χ1n) is 5.55. The highest BCUT2D eigenvalue weighted by atomic mass is 32.2. The summed E-state index contributed by atoms with van der Waals surface area (Å²) >= 11 is 0. The fourth-order valence-electron chi connectivity index (χ4n) is 1.48. The van der Waals surface area contributed by atoms with Crippen LogP contribution < -0.4 is 10.5 Å². The first-order chi connectivity index (χ1) is 8.36. The van der Waals surface area contributed by atoms with Crippen LogP contribution in [0.25, 0.3) is 0 Å². The number of nitrogens with two attached hydrogens (primary N) is 1. The molecule has 0 amide bonds. The van der Waals surface area contributed by atoms with Crippen molar-refractivity contribution in [3.05, 3.63) is 24.0 Å². The Kier molecular flexibility index (Phi) is 5.06. The van der Waals surface area contributed by atoms with Crippen LogP contribution in [0.4, 0.5) is 10.1 Å². The molecule has 1 aromatic carbocycles. The summed E-state index contributed by atoms with van der Waals surface area (Å²) in [4.78, 5) is -0.0720. The van der Waals surface area contributed by atoms with Gasteiger partial charge in [-0.3, -0.25) is 0 Å². The summed E-state index contributed by atoms with van der Waals surface area (Å²) in [7, 11) is -3.71. The van der Waals surface area contributed by atoms with Crippen LogP contribution in [0.3, 0.4) is 0 Å². The standard InChI is InChI=1S/C11H17FN2O3S/c1-8(3-2-6-15)14-18(16,17)9-4-5-10(12)11(13)7-9/h4-5,7-8,14-15H,2-3,6,13H2,1H3. The summed E-state index contributed by atoms with van der Waals surface area (Å²) in [5.41, 5.74) is 5.12. The molecule has 0 aliphatic rings. The van der Waals surface area contributed by atoms with E-state index in [1.807, 2.05) is 0 Å². The van der Waals surface area contributed by atoms with Crippen molar-refractivity contribution in [2.75, 3.05) is 12.3 Å². The summed E-state index contributed by atoms with van der Waals surface area (Å²) in [5, 5.41) is 8.66. The van der Waals surface area contributed by atoms with Gasteiger partial charge in [-0.1, -0.05) is 0 Å². The lowest BCUT2D eigenvalue weighted by atomic mass is 10.2. The maximum atomic E-state index is 12.9. The molecule has 5 nitrogen and oxygen atoms in total.